The van der Waals surface area contributed by atoms with Crippen LogP contribution < -0.4 is 5.32 Å². The zero-order valence-corrected chi connectivity index (χ0v) is 14.8. The summed E-state index contributed by atoms with van der Waals surface area (Å²) in [6, 6.07) is 7.49. The van der Waals surface area contributed by atoms with E-state index in [9.17, 15) is 4.79 Å². The van der Waals surface area contributed by atoms with Crippen LogP contribution in [0.4, 0.5) is 4.79 Å². The lowest BCUT2D eigenvalue weighted by Gasteiger charge is -2.42. The van der Waals surface area contributed by atoms with Gasteiger partial charge in [-0.05, 0) is 30.5 Å². The number of nitrogens with zero attached hydrogens (tertiary/aromatic N) is 1. The summed E-state index contributed by atoms with van der Waals surface area (Å²) in [6.45, 7) is 3.23. The van der Waals surface area contributed by atoms with Crippen LogP contribution in [0.3, 0.4) is 0 Å². The number of amides is 2. The molecule has 1 N–H and O–H groups in total. The lowest BCUT2D eigenvalue weighted by molar-refractivity contribution is 0.0125. The van der Waals surface area contributed by atoms with Crippen LogP contribution in [0.25, 0.3) is 0 Å². The van der Waals surface area contributed by atoms with Gasteiger partial charge in [-0.3, -0.25) is 0 Å². The summed E-state index contributed by atoms with van der Waals surface area (Å²) in [5.41, 5.74) is 1.14. The second kappa shape index (κ2) is 7.72. The molecule has 1 heterocycles. The van der Waals surface area contributed by atoms with E-state index in [0.29, 0.717) is 24.7 Å². The van der Waals surface area contributed by atoms with Crippen molar-refractivity contribution in [1.29, 1.82) is 0 Å². The lowest BCUT2D eigenvalue weighted by atomic mass is 9.69. The minimum absolute atomic E-state index is 0.0455. The number of hydrogen-bond acceptors (Lipinski definition) is 3. The van der Waals surface area contributed by atoms with E-state index in [4.69, 9.17) is 21.1 Å². The maximum absolute atomic E-state index is 12.6. The maximum Gasteiger partial charge on any atom is 0.317 e. The Morgan fingerprint density at radius 3 is 3.00 bits per heavy atom. The van der Waals surface area contributed by atoms with Gasteiger partial charge in [0.05, 0.1) is 19.3 Å². The van der Waals surface area contributed by atoms with Gasteiger partial charge in [0.2, 0.25) is 0 Å². The molecule has 1 aromatic carbocycles. The number of halogens is 1. The first-order valence-corrected chi connectivity index (χ1v) is 8.88. The molecule has 2 amide bonds. The Labute approximate surface area is 148 Å². The van der Waals surface area contributed by atoms with E-state index >= 15 is 0 Å². The highest BCUT2D eigenvalue weighted by Crippen LogP contribution is 2.42. The van der Waals surface area contributed by atoms with Gasteiger partial charge >= 0.3 is 6.03 Å². The summed E-state index contributed by atoms with van der Waals surface area (Å²) in [7, 11) is 1.64. The Hall–Kier alpha value is -1.30. The monoisotopic (exact) mass is 352 g/mol. The van der Waals surface area contributed by atoms with Gasteiger partial charge in [0.1, 0.15) is 0 Å². The molecule has 132 valence electrons. The standard InChI is InChI=1S/C18H25ClN2O3/c1-23-16(14-4-2-5-15(19)10-14)11-20-17(22)21-8-9-24-13-18(12-21)6-3-7-18/h2,4-5,10,16H,3,6-9,11-13H2,1H3,(H,20,22). The van der Waals surface area contributed by atoms with Crippen LogP contribution in [-0.4, -0.2) is 50.9 Å². The maximum atomic E-state index is 12.6. The molecule has 2 fully saturated rings. The predicted molar refractivity (Wildman–Crippen MR) is 93.3 cm³/mol. The first-order valence-electron chi connectivity index (χ1n) is 8.51. The Kier molecular flexibility index (Phi) is 5.64. The molecule has 2 aliphatic rings. The number of benzene rings is 1. The number of carbonyl (C=O) groups excluding carboxylic acids is 1. The van der Waals surface area contributed by atoms with Gasteiger partial charge in [0.15, 0.2) is 0 Å². The first kappa shape index (κ1) is 17.5. The fraction of sp³-hybridized carbons (Fsp3) is 0.611. The van der Waals surface area contributed by atoms with Gasteiger partial charge in [0, 0.05) is 37.2 Å². The molecule has 24 heavy (non-hydrogen) atoms. The van der Waals surface area contributed by atoms with Gasteiger partial charge in [-0.15, -0.1) is 0 Å². The van der Waals surface area contributed by atoms with Crippen molar-refractivity contribution in [1.82, 2.24) is 10.2 Å². The highest BCUT2D eigenvalue weighted by Gasteiger charge is 2.41. The van der Waals surface area contributed by atoms with Crippen LogP contribution in [0.5, 0.6) is 0 Å². The predicted octanol–water partition coefficient (Wildman–Crippen LogP) is 3.24. The van der Waals surface area contributed by atoms with Crippen molar-refractivity contribution in [2.45, 2.75) is 25.4 Å². The fourth-order valence-electron chi connectivity index (χ4n) is 3.48. The number of carbonyl (C=O) groups is 1. The average Bonchev–Trinajstić information content (AvgIpc) is 2.78. The molecule has 0 bridgehead atoms. The minimum atomic E-state index is -0.214. The number of ether oxygens (including phenoxy) is 2. The highest BCUT2D eigenvalue weighted by molar-refractivity contribution is 6.30. The number of urea groups is 1. The van der Waals surface area contributed by atoms with E-state index in [1.54, 1.807) is 7.11 Å². The zero-order valence-electron chi connectivity index (χ0n) is 14.1. The van der Waals surface area contributed by atoms with Gasteiger partial charge in [-0.1, -0.05) is 30.2 Å². The first-order chi connectivity index (χ1) is 11.6. The number of hydrogen-bond donors (Lipinski definition) is 1. The summed E-state index contributed by atoms with van der Waals surface area (Å²) in [6.07, 6.45) is 3.33. The molecule has 1 atom stereocenters. The number of rotatable bonds is 4. The van der Waals surface area contributed by atoms with E-state index in [2.05, 4.69) is 5.32 Å². The van der Waals surface area contributed by atoms with Crippen LogP contribution >= 0.6 is 11.6 Å². The topological polar surface area (TPSA) is 50.8 Å². The van der Waals surface area contributed by atoms with Crippen molar-refractivity contribution in [2.24, 2.45) is 5.41 Å². The third-order valence-electron chi connectivity index (χ3n) is 5.09. The van der Waals surface area contributed by atoms with E-state index in [-0.39, 0.29) is 17.6 Å². The summed E-state index contributed by atoms with van der Waals surface area (Å²) >= 11 is 6.04. The Morgan fingerprint density at radius 1 is 1.50 bits per heavy atom. The molecule has 1 aliphatic heterocycles. The summed E-state index contributed by atoms with van der Waals surface area (Å²) in [4.78, 5) is 14.5. The number of nitrogens with one attached hydrogen (secondary N) is 1. The highest BCUT2D eigenvalue weighted by atomic mass is 35.5. The summed E-state index contributed by atoms with van der Waals surface area (Å²) in [5.74, 6) is 0. The van der Waals surface area contributed by atoms with Crippen molar-refractivity contribution >= 4 is 17.6 Å². The van der Waals surface area contributed by atoms with E-state index < -0.39 is 0 Å². The average molecular weight is 353 g/mol. The molecule has 1 aromatic rings. The zero-order chi connectivity index (χ0) is 17.0. The Bertz CT molecular complexity index is 577. The van der Waals surface area contributed by atoms with Gasteiger partial charge in [0.25, 0.3) is 0 Å². The second-order valence-electron chi connectivity index (χ2n) is 6.79. The van der Waals surface area contributed by atoms with Crippen LogP contribution in [0.2, 0.25) is 5.02 Å². The van der Waals surface area contributed by atoms with E-state index in [1.165, 1.54) is 6.42 Å². The van der Waals surface area contributed by atoms with Gasteiger partial charge in [-0.2, -0.15) is 0 Å². The third-order valence-corrected chi connectivity index (χ3v) is 5.32. The molecule has 3 rings (SSSR count). The quantitative estimate of drug-likeness (QED) is 0.905. The molecule has 5 nitrogen and oxygen atoms in total. The molecular formula is C18H25ClN2O3. The largest absolute Gasteiger partial charge is 0.379 e. The van der Waals surface area contributed by atoms with Crippen molar-refractivity contribution < 1.29 is 14.3 Å². The smallest absolute Gasteiger partial charge is 0.317 e. The Morgan fingerprint density at radius 2 is 2.33 bits per heavy atom. The molecule has 1 unspecified atom stereocenters. The Balaban J connectivity index is 1.57. The minimum Gasteiger partial charge on any atom is -0.379 e. The second-order valence-corrected chi connectivity index (χ2v) is 7.23. The summed E-state index contributed by atoms with van der Waals surface area (Å²) in [5, 5.41) is 3.66. The molecule has 1 saturated carbocycles. The molecule has 0 aromatic heterocycles. The van der Waals surface area contributed by atoms with Crippen molar-refractivity contribution in [2.75, 3.05) is 40.0 Å². The molecule has 0 radical (unpaired) electrons. The van der Waals surface area contributed by atoms with Crippen molar-refractivity contribution in [3.63, 3.8) is 0 Å². The lowest BCUT2D eigenvalue weighted by Crippen LogP contribution is -2.49. The third kappa shape index (κ3) is 4.02. The summed E-state index contributed by atoms with van der Waals surface area (Å²) < 4.78 is 11.2. The molecule has 6 heteroatoms. The molecule has 1 saturated heterocycles. The SMILES string of the molecule is COC(CNC(=O)N1CCOCC2(CCC2)C1)c1cccc(Cl)c1. The van der Waals surface area contributed by atoms with Crippen molar-refractivity contribution in [3.8, 4) is 0 Å². The molecule has 1 aliphatic carbocycles. The molecule has 1 spiro atoms. The van der Waals surface area contributed by atoms with Crippen LogP contribution in [0, 0.1) is 5.41 Å². The normalized spacial score (nSPS) is 21.0. The van der Waals surface area contributed by atoms with E-state index in [1.807, 2.05) is 29.2 Å². The van der Waals surface area contributed by atoms with Crippen LogP contribution in [-0.2, 0) is 9.47 Å². The van der Waals surface area contributed by atoms with Crippen LogP contribution in [0.15, 0.2) is 24.3 Å². The van der Waals surface area contributed by atoms with Gasteiger partial charge < -0.3 is 19.7 Å². The van der Waals surface area contributed by atoms with Crippen molar-refractivity contribution in [3.05, 3.63) is 34.9 Å². The van der Waals surface area contributed by atoms with E-state index in [0.717, 1.165) is 31.6 Å². The van der Waals surface area contributed by atoms with Gasteiger partial charge in [-0.25, -0.2) is 4.79 Å². The molecular weight excluding hydrogens is 328 g/mol. The van der Waals surface area contributed by atoms with Crippen LogP contribution in [0.1, 0.15) is 30.9 Å². The number of methoxy groups -OCH3 is 1. The fourth-order valence-corrected chi connectivity index (χ4v) is 3.68.